The molecule has 114 valence electrons. The number of hydrogen-bond acceptors (Lipinski definition) is 4. The summed E-state index contributed by atoms with van der Waals surface area (Å²) in [5.74, 6) is 1.00. The van der Waals surface area contributed by atoms with Gasteiger partial charge in [-0.25, -0.2) is 5.10 Å². The number of hydrogen-bond donors (Lipinski definition) is 1. The van der Waals surface area contributed by atoms with Crippen LogP contribution in [0.4, 0.5) is 5.95 Å². The molecule has 0 aliphatic heterocycles. The van der Waals surface area contributed by atoms with E-state index in [1.54, 1.807) is 11.3 Å². The molecule has 2 aromatic rings. The minimum atomic E-state index is 0.511. The fourth-order valence-electron chi connectivity index (χ4n) is 3.10. The summed E-state index contributed by atoms with van der Waals surface area (Å²) < 4.78 is 3.02. The van der Waals surface area contributed by atoms with Crippen molar-refractivity contribution < 1.29 is 0 Å². The molecule has 2 aromatic heterocycles. The van der Waals surface area contributed by atoms with Crippen molar-refractivity contribution in [1.82, 2.24) is 14.8 Å². The standard InChI is InChI=1S/C15H22N4S2/c1-2-18(11-13-9-6-10-21-13)14-16-17-15(20)19(14)12-7-4-3-5-8-12/h6,9-10,12H,2-5,7-8,11H2,1H3,(H,17,20). The molecule has 0 atom stereocenters. The second-order valence-electron chi connectivity index (χ2n) is 5.58. The molecule has 1 N–H and O–H groups in total. The van der Waals surface area contributed by atoms with E-state index in [9.17, 15) is 0 Å². The highest BCUT2D eigenvalue weighted by Gasteiger charge is 2.22. The lowest BCUT2D eigenvalue weighted by Gasteiger charge is -2.28. The maximum Gasteiger partial charge on any atom is 0.226 e. The number of anilines is 1. The van der Waals surface area contributed by atoms with Crippen molar-refractivity contribution in [2.45, 2.75) is 51.6 Å². The summed E-state index contributed by atoms with van der Waals surface area (Å²) in [6.07, 6.45) is 6.39. The van der Waals surface area contributed by atoms with E-state index in [-0.39, 0.29) is 0 Å². The Bertz CT molecular complexity index is 608. The zero-order valence-corrected chi connectivity index (χ0v) is 14.1. The normalized spacial score (nSPS) is 16.2. The third kappa shape index (κ3) is 3.21. The Balaban J connectivity index is 1.87. The highest BCUT2D eigenvalue weighted by atomic mass is 32.1. The van der Waals surface area contributed by atoms with Crippen molar-refractivity contribution in [3.63, 3.8) is 0 Å². The van der Waals surface area contributed by atoms with Gasteiger partial charge in [-0.15, -0.1) is 16.4 Å². The van der Waals surface area contributed by atoms with E-state index in [4.69, 9.17) is 12.2 Å². The number of aromatic nitrogens is 3. The van der Waals surface area contributed by atoms with Crippen LogP contribution in [0.25, 0.3) is 0 Å². The number of nitrogens with one attached hydrogen (secondary N) is 1. The molecule has 0 bridgehead atoms. The molecule has 0 saturated heterocycles. The van der Waals surface area contributed by atoms with Crippen molar-refractivity contribution >= 4 is 29.5 Å². The van der Waals surface area contributed by atoms with Gasteiger partial charge >= 0.3 is 0 Å². The molecule has 1 saturated carbocycles. The first kappa shape index (κ1) is 14.8. The van der Waals surface area contributed by atoms with Crippen LogP contribution >= 0.6 is 23.6 Å². The SMILES string of the molecule is CCN(Cc1cccs1)c1n[nH]c(=S)n1C1CCCCC1. The summed E-state index contributed by atoms with van der Waals surface area (Å²) in [6.45, 7) is 4.02. The molecule has 1 aliphatic carbocycles. The second-order valence-corrected chi connectivity index (χ2v) is 7.00. The highest BCUT2D eigenvalue weighted by Crippen LogP contribution is 2.31. The number of aromatic amines is 1. The van der Waals surface area contributed by atoms with Gasteiger partial charge in [-0.1, -0.05) is 25.3 Å². The first-order valence-electron chi connectivity index (χ1n) is 7.74. The van der Waals surface area contributed by atoms with Gasteiger partial charge in [-0.2, -0.15) is 0 Å². The molecule has 0 radical (unpaired) electrons. The smallest absolute Gasteiger partial charge is 0.226 e. The van der Waals surface area contributed by atoms with Crippen molar-refractivity contribution in [2.24, 2.45) is 0 Å². The molecule has 0 aromatic carbocycles. The topological polar surface area (TPSA) is 36.9 Å². The van der Waals surface area contributed by atoms with Gasteiger partial charge in [0.1, 0.15) is 0 Å². The Hall–Kier alpha value is -1.14. The van der Waals surface area contributed by atoms with Crippen LogP contribution in [-0.2, 0) is 6.54 Å². The molecule has 2 heterocycles. The summed E-state index contributed by atoms with van der Waals surface area (Å²) in [4.78, 5) is 3.67. The highest BCUT2D eigenvalue weighted by molar-refractivity contribution is 7.71. The average Bonchev–Trinajstić information content (AvgIpc) is 3.15. The van der Waals surface area contributed by atoms with Gasteiger partial charge in [-0.05, 0) is 43.4 Å². The van der Waals surface area contributed by atoms with Crippen LogP contribution in [0.1, 0.15) is 49.9 Å². The molecule has 3 rings (SSSR count). The zero-order chi connectivity index (χ0) is 14.7. The van der Waals surface area contributed by atoms with Crippen LogP contribution in [-0.4, -0.2) is 21.3 Å². The van der Waals surface area contributed by atoms with Gasteiger partial charge in [0.15, 0.2) is 4.77 Å². The van der Waals surface area contributed by atoms with Crippen LogP contribution in [0.5, 0.6) is 0 Å². The minimum Gasteiger partial charge on any atom is -0.336 e. The molecule has 6 heteroatoms. The molecule has 0 amide bonds. The molecular formula is C15H22N4S2. The van der Waals surface area contributed by atoms with Crippen LogP contribution in [0.15, 0.2) is 17.5 Å². The summed E-state index contributed by atoms with van der Waals surface area (Å²) >= 11 is 7.28. The molecular weight excluding hydrogens is 300 g/mol. The van der Waals surface area contributed by atoms with Gasteiger partial charge in [0.2, 0.25) is 5.95 Å². The summed E-state index contributed by atoms with van der Waals surface area (Å²) in [6, 6.07) is 4.79. The quantitative estimate of drug-likeness (QED) is 0.822. The Labute approximate surface area is 134 Å². The van der Waals surface area contributed by atoms with Gasteiger partial charge in [0.25, 0.3) is 0 Å². The number of rotatable bonds is 5. The Morgan fingerprint density at radius 1 is 1.43 bits per heavy atom. The predicted octanol–water partition coefficient (Wildman–Crippen LogP) is 4.53. The van der Waals surface area contributed by atoms with Crippen molar-refractivity contribution in [3.8, 4) is 0 Å². The third-order valence-electron chi connectivity index (χ3n) is 4.22. The van der Waals surface area contributed by atoms with Crippen molar-refractivity contribution in [1.29, 1.82) is 0 Å². The van der Waals surface area contributed by atoms with E-state index in [1.807, 2.05) is 0 Å². The average molecular weight is 323 g/mol. The van der Waals surface area contributed by atoms with Gasteiger partial charge < -0.3 is 4.90 Å². The molecule has 0 spiro atoms. The molecule has 4 nitrogen and oxygen atoms in total. The van der Waals surface area contributed by atoms with Crippen molar-refractivity contribution in [3.05, 3.63) is 27.2 Å². The van der Waals surface area contributed by atoms with Gasteiger partial charge in [0.05, 0.1) is 6.54 Å². The van der Waals surface area contributed by atoms with Crippen LogP contribution in [0, 0.1) is 4.77 Å². The lowest BCUT2D eigenvalue weighted by molar-refractivity contribution is 0.350. The van der Waals surface area contributed by atoms with E-state index in [1.165, 1.54) is 37.0 Å². The Morgan fingerprint density at radius 2 is 2.24 bits per heavy atom. The maximum absolute atomic E-state index is 5.49. The van der Waals surface area contributed by atoms with Gasteiger partial charge in [-0.3, -0.25) is 4.57 Å². The lowest BCUT2D eigenvalue weighted by atomic mass is 9.95. The fraction of sp³-hybridized carbons (Fsp3) is 0.600. The first-order valence-corrected chi connectivity index (χ1v) is 9.02. The molecule has 0 unspecified atom stereocenters. The molecule has 1 fully saturated rings. The minimum absolute atomic E-state index is 0.511. The number of nitrogens with zero attached hydrogens (tertiary/aromatic N) is 3. The molecule has 1 aliphatic rings. The van der Waals surface area contributed by atoms with Crippen LogP contribution in [0.3, 0.4) is 0 Å². The van der Waals surface area contributed by atoms with E-state index < -0.39 is 0 Å². The van der Waals surface area contributed by atoms with Gasteiger partial charge in [0, 0.05) is 17.5 Å². The maximum atomic E-state index is 5.49. The predicted molar refractivity (Wildman–Crippen MR) is 90.6 cm³/mol. The third-order valence-corrected chi connectivity index (χ3v) is 5.37. The second kappa shape index (κ2) is 6.75. The Morgan fingerprint density at radius 3 is 2.90 bits per heavy atom. The van der Waals surface area contributed by atoms with Crippen molar-refractivity contribution in [2.75, 3.05) is 11.4 Å². The monoisotopic (exact) mass is 322 g/mol. The van der Waals surface area contributed by atoms with E-state index in [0.717, 1.165) is 23.8 Å². The Kier molecular flexibility index (Phi) is 4.75. The van der Waals surface area contributed by atoms with E-state index in [2.05, 4.69) is 44.1 Å². The lowest BCUT2D eigenvalue weighted by Crippen LogP contribution is -2.27. The zero-order valence-electron chi connectivity index (χ0n) is 12.4. The first-order chi connectivity index (χ1) is 10.3. The fourth-order valence-corrected chi connectivity index (χ4v) is 4.10. The largest absolute Gasteiger partial charge is 0.336 e. The summed E-state index contributed by atoms with van der Waals surface area (Å²) in [5.41, 5.74) is 0. The summed E-state index contributed by atoms with van der Waals surface area (Å²) in [5, 5.41) is 9.65. The van der Waals surface area contributed by atoms with Crippen LogP contribution in [0.2, 0.25) is 0 Å². The molecule has 21 heavy (non-hydrogen) atoms. The number of H-pyrrole nitrogens is 1. The summed E-state index contributed by atoms with van der Waals surface area (Å²) in [7, 11) is 0. The van der Waals surface area contributed by atoms with E-state index >= 15 is 0 Å². The van der Waals surface area contributed by atoms with Crippen LogP contribution < -0.4 is 4.90 Å². The number of thiophene rings is 1. The van der Waals surface area contributed by atoms with E-state index in [0.29, 0.717) is 6.04 Å².